The molecule has 1 aromatic rings. The molecule has 0 amide bonds. The van der Waals surface area contributed by atoms with E-state index in [4.69, 9.17) is 0 Å². The molecule has 0 aromatic heterocycles. The number of hydrogen-bond donors (Lipinski definition) is 2. The van der Waals surface area contributed by atoms with Gasteiger partial charge in [0.2, 0.25) is 0 Å². The third-order valence-corrected chi connectivity index (χ3v) is 5.01. The quantitative estimate of drug-likeness (QED) is 0.809. The summed E-state index contributed by atoms with van der Waals surface area (Å²) in [4.78, 5) is 2.58. The van der Waals surface area contributed by atoms with Crippen molar-refractivity contribution >= 4 is 0 Å². The fourth-order valence-electron chi connectivity index (χ4n) is 3.65. The second kappa shape index (κ2) is 6.91. The molecule has 21 heavy (non-hydrogen) atoms. The van der Waals surface area contributed by atoms with Crippen molar-refractivity contribution in [3.63, 3.8) is 0 Å². The van der Waals surface area contributed by atoms with E-state index in [2.05, 4.69) is 47.5 Å². The lowest BCUT2D eigenvalue weighted by molar-refractivity contribution is 0.239. The Balaban J connectivity index is 1.53. The molecule has 0 spiro atoms. The predicted molar refractivity (Wildman–Crippen MR) is 86.1 cm³/mol. The zero-order chi connectivity index (χ0) is 14.7. The summed E-state index contributed by atoms with van der Waals surface area (Å²) in [5.74, 6) is 0.815. The summed E-state index contributed by atoms with van der Waals surface area (Å²) in [7, 11) is 0. The van der Waals surface area contributed by atoms with E-state index in [0.29, 0.717) is 24.7 Å². The highest BCUT2D eigenvalue weighted by Gasteiger charge is 2.35. The van der Waals surface area contributed by atoms with Crippen LogP contribution in [-0.2, 0) is 6.54 Å². The maximum atomic E-state index is 9.24. The molecule has 1 aliphatic heterocycles. The summed E-state index contributed by atoms with van der Waals surface area (Å²) in [6.07, 6.45) is 4.82. The lowest BCUT2D eigenvalue weighted by Crippen LogP contribution is -2.41. The number of aliphatic hydroxyl groups is 1. The van der Waals surface area contributed by atoms with E-state index in [0.717, 1.165) is 25.4 Å². The Kier molecular flexibility index (Phi) is 4.94. The number of nitrogens with one attached hydrogen (secondary N) is 1. The minimum absolute atomic E-state index is 0.310. The highest BCUT2D eigenvalue weighted by Crippen LogP contribution is 2.35. The highest BCUT2D eigenvalue weighted by atomic mass is 16.3. The van der Waals surface area contributed by atoms with Gasteiger partial charge in [0.1, 0.15) is 0 Å². The van der Waals surface area contributed by atoms with Crippen molar-refractivity contribution in [1.82, 2.24) is 10.2 Å². The normalized spacial score (nSPS) is 27.9. The first-order chi connectivity index (χ1) is 10.3. The fourth-order valence-corrected chi connectivity index (χ4v) is 3.65. The monoisotopic (exact) mass is 288 g/mol. The van der Waals surface area contributed by atoms with Gasteiger partial charge in [0.15, 0.2) is 0 Å². The Morgan fingerprint density at radius 3 is 2.71 bits per heavy atom. The third kappa shape index (κ3) is 4.06. The molecule has 2 fully saturated rings. The van der Waals surface area contributed by atoms with Crippen molar-refractivity contribution in [1.29, 1.82) is 0 Å². The van der Waals surface area contributed by atoms with Crippen molar-refractivity contribution in [2.45, 2.75) is 57.3 Å². The van der Waals surface area contributed by atoms with Crippen LogP contribution in [0.1, 0.15) is 38.2 Å². The average molecular weight is 288 g/mol. The molecule has 0 bridgehead atoms. The van der Waals surface area contributed by atoms with Crippen LogP contribution in [0.15, 0.2) is 30.3 Å². The van der Waals surface area contributed by atoms with E-state index in [1.54, 1.807) is 0 Å². The molecule has 0 radical (unpaired) electrons. The van der Waals surface area contributed by atoms with Crippen LogP contribution in [-0.4, -0.2) is 41.3 Å². The molecule has 3 rings (SSSR count). The maximum Gasteiger partial charge on any atom is 0.0445 e. The first-order valence-electron chi connectivity index (χ1n) is 8.41. The molecule has 1 saturated carbocycles. The van der Waals surface area contributed by atoms with Crippen LogP contribution < -0.4 is 5.32 Å². The number of benzene rings is 1. The van der Waals surface area contributed by atoms with Crippen molar-refractivity contribution in [3.05, 3.63) is 35.9 Å². The van der Waals surface area contributed by atoms with Gasteiger partial charge in [0, 0.05) is 37.8 Å². The SMILES string of the molecule is CC1CC(NC(CCO)C2CC2)CN1Cc1ccccc1. The number of nitrogens with zero attached hydrogens (tertiary/aromatic N) is 1. The molecule has 1 aliphatic carbocycles. The Morgan fingerprint density at radius 2 is 2.05 bits per heavy atom. The van der Waals surface area contributed by atoms with Crippen LogP contribution in [0.25, 0.3) is 0 Å². The maximum absolute atomic E-state index is 9.24. The van der Waals surface area contributed by atoms with Crippen LogP contribution >= 0.6 is 0 Å². The largest absolute Gasteiger partial charge is 0.396 e. The molecule has 3 unspecified atom stereocenters. The van der Waals surface area contributed by atoms with Crippen LogP contribution in [0, 0.1) is 5.92 Å². The van der Waals surface area contributed by atoms with Crippen molar-refractivity contribution in [2.75, 3.05) is 13.2 Å². The van der Waals surface area contributed by atoms with Gasteiger partial charge in [-0.1, -0.05) is 30.3 Å². The Labute approximate surface area is 128 Å². The van der Waals surface area contributed by atoms with Crippen LogP contribution in [0.2, 0.25) is 0 Å². The average Bonchev–Trinajstić information content (AvgIpc) is 3.27. The second-order valence-electron chi connectivity index (χ2n) is 6.82. The predicted octanol–water partition coefficient (Wildman–Crippen LogP) is 2.40. The van der Waals surface area contributed by atoms with Gasteiger partial charge < -0.3 is 10.4 Å². The molecule has 1 aromatic carbocycles. The number of rotatable bonds is 7. The van der Waals surface area contributed by atoms with E-state index in [9.17, 15) is 5.11 Å². The first kappa shape index (κ1) is 15.0. The highest BCUT2D eigenvalue weighted by molar-refractivity contribution is 5.15. The standard InChI is InChI=1S/C18H28N2O/c1-14-11-17(19-18(9-10-21)16-7-8-16)13-20(14)12-15-5-3-2-4-6-15/h2-6,14,16-19,21H,7-13H2,1H3. The van der Waals surface area contributed by atoms with E-state index in [1.165, 1.54) is 24.8 Å². The second-order valence-corrected chi connectivity index (χ2v) is 6.82. The van der Waals surface area contributed by atoms with Gasteiger partial charge >= 0.3 is 0 Å². The molecule has 3 nitrogen and oxygen atoms in total. The van der Waals surface area contributed by atoms with Gasteiger partial charge in [-0.15, -0.1) is 0 Å². The Hall–Kier alpha value is -0.900. The minimum Gasteiger partial charge on any atom is -0.396 e. The van der Waals surface area contributed by atoms with Gasteiger partial charge in [-0.3, -0.25) is 4.90 Å². The summed E-state index contributed by atoms with van der Waals surface area (Å²) in [5, 5.41) is 13.1. The molecule has 2 aliphatic rings. The smallest absolute Gasteiger partial charge is 0.0445 e. The van der Waals surface area contributed by atoms with Gasteiger partial charge in [0.05, 0.1) is 0 Å². The van der Waals surface area contributed by atoms with Crippen molar-refractivity contribution in [3.8, 4) is 0 Å². The van der Waals surface area contributed by atoms with Crippen LogP contribution in [0.3, 0.4) is 0 Å². The lowest BCUT2D eigenvalue weighted by atomic mass is 10.1. The zero-order valence-electron chi connectivity index (χ0n) is 13.0. The van der Waals surface area contributed by atoms with Gasteiger partial charge in [0.25, 0.3) is 0 Å². The van der Waals surface area contributed by atoms with E-state index in [1.807, 2.05) is 0 Å². The van der Waals surface area contributed by atoms with Crippen molar-refractivity contribution in [2.24, 2.45) is 5.92 Å². The minimum atomic E-state index is 0.310. The van der Waals surface area contributed by atoms with Gasteiger partial charge in [-0.05, 0) is 44.1 Å². The first-order valence-corrected chi connectivity index (χ1v) is 8.41. The summed E-state index contributed by atoms with van der Waals surface area (Å²) >= 11 is 0. The molecule has 116 valence electrons. The van der Waals surface area contributed by atoms with Gasteiger partial charge in [-0.2, -0.15) is 0 Å². The van der Waals surface area contributed by atoms with Gasteiger partial charge in [-0.25, -0.2) is 0 Å². The summed E-state index contributed by atoms with van der Waals surface area (Å²) in [6.45, 7) is 4.83. The number of aliphatic hydroxyl groups excluding tert-OH is 1. The Morgan fingerprint density at radius 1 is 1.29 bits per heavy atom. The number of likely N-dealkylation sites (tertiary alicyclic amines) is 1. The fraction of sp³-hybridized carbons (Fsp3) is 0.667. The number of hydrogen-bond acceptors (Lipinski definition) is 3. The zero-order valence-corrected chi connectivity index (χ0v) is 13.0. The molecule has 2 N–H and O–H groups in total. The van der Waals surface area contributed by atoms with Crippen molar-refractivity contribution < 1.29 is 5.11 Å². The lowest BCUT2D eigenvalue weighted by Gasteiger charge is -2.23. The van der Waals surface area contributed by atoms with Crippen LogP contribution in [0.4, 0.5) is 0 Å². The van der Waals surface area contributed by atoms with E-state index < -0.39 is 0 Å². The molecule has 1 heterocycles. The summed E-state index contributed by atoms with van der Waals surface area (Å²) in [5.41, 5.74) is 1.40. The molecular formula is C18H28N2O. The summed E-state index contributed by atoms with van der Waals surface area (Å²) < 4.78 is 0. The molecule has 3 heteroatoms. The van der Waals surface area contributed by atoms with E-state index >= 15 is 0 Å². The third-order valence-electron chi connectivity index (χ3n) is 5.01. The summed E-state index contributed by atoms with van der Waals surface area (Å²) in [6, 6.07) is 12.5. The van der Waals surface area contributed by atoms with E-state index in [-0.39, 0.29) is 0 Å². The topological polar surface area (TPSA) is 35.5 Å². The molecule has 1 saturated heterocycles. The Bertz CT molecular complexity index is 432. The van der Waals surface area contributed by atoms with Crippen LogP contribution in [0.5, 0.6) is 0 Å². The molecule has 3 atom stereocenters. The molecular weight excluding hydrogens is 260 g/mol.